The fourth-order valence-corrected chi connectivity index (χ4v) is 2.66. The molecule has 0 amide bonds. The predicted molar refractivity (Wildman–Crippen MR) is 84.7 cm³/mol. The van der Waals surface area contributed by atoms with Crippen LogP contribution in [0.1, 0.15) is 43.5 Å². The van der Waals surface area contributed by atoms with Crippen LogP contribution in [-0.4, -0.2) is 31.6 Å². The quantitative estimate of drug-likeness (QED) is 0.808. The zero-order chi connectivity index (χ0) is 14.4. The molecule has 0 aliphatic heterocycles. The summed E-state index contributed by atoms with van der Waals surface area (Å²) in [6.07, 6.45) is 0. The van der Waals surface area contributed by atoms with Crippen molar-refractivity contribution in [2.45, 2.75) is 40.7 Å². The molecule has 0 heterocycles. The molecule has 0 fully saturated rings. The van der Waals surface area contributed by atoms with Crippen LogP contribution in [0.15, 0.2) is 18.2 Å². The number of nitrogens with zero attached hydrogens (tertiary/aromatic N) is 1. The van der Waals surface area contributed by atoms with Crippen molar-refractivity contribution in [1.29, 1.82) is 0 Å². The Bertz CT molecular complexity index is 385. The molecule has 0 saturated heterocycles. The Balaban J connectivity index is 2.84. The van der Waals surface area contributed by atoms with Gasteiger partial charge in [0.15, 0.2) is 0 Å². The molecule has 0 aliphatic rings. The first-order chi connectivity index (χ1) is 8.93. The maximum absolute atomic E-state index is 3.63. The number of hydrogen-bond donors (Lipinski definition) is 1. The van der Waals surface area contributed by atoms with Gasteiger partial charge in [-0.05, 0) is 44.5 Å². The number of nitrogens with one attached hydrogen (secondary N) is 1. The molecular formula is C17H30N2. The standard InChI is InChI=1S/C17H30N2/c1-7-18-17(12-19(6)11-13(2)3)16-10-14(4)8-9-15(16)5/h8-10,13,17-18H,7,11-12H2,1-6H3. The highest BCUT2D eigenvalue weighted by Crippen LogP contribution is 2.20. The predicted octanol–water partition coefficient (Wildman–Crippen LogP) is 3.54. The van der Waals surface area contributed by atoms with Gasteiger partial charge in [-0.1, -0.05) is 44.5 Å². The van der Waals surface area contributed by atoms with Crippen LogP contribution in [0.25, 0.3) is 0 Å². The largest absolute Gasteiger partial charge is 0.309 e. The van der Waals surface area contributed by atoms with Crippen molar-refractivity contribution in [3.05, 3.63) is 34.9 Å². The van der Waals surface area contributed by atoms with Crippen LogP contribution < -0.4 is 5.32 Å². The van der Waals surface area contributed by atoms with Crippen LogP contribution in [-0.2, 0) is 0 Å². The molecule has 1 rings (SSSR count). The first-order valence-corrected chi connectivity index (χ1v) is 7.43. The van der Waals surface area contributed by atoms with E-state index >= 15 is 0 Å². The van der Waals surface area contributed by atoms with Crippen LogP contribution >= 0.6 is 0 Å². The lowest BCUT2D eigenvalue weighted by Crippen LogP contribution is -2.35. The summed E-state index contributed by atoms with van der Waals surface area (Å²) in [5, 5.41) is 3.63. The molecule has 2 nitrogen and oxygen atoms in total. The van der Waals surface area contributed by atoms with E-state index in [1.165, 1.54) is 16.7 Å². The lowest BCUT2D eigenvalue weighted by molar-refractivity contribution is 0.263. The van der Waals surface area contributed by atoms with Gasteiger partial charge in [-0.25, -0.2) is 0 Å². The van der Waals surface area contributed by atoms with Crippen LogP contribution in [0, 0.1) is 19.8 Å². The van der Waals surface area contributed by atoms with Crippen LogP contribution in [0.5, 0.6) is 0 Å². The zero-order valence-corrected chi connectivity index (χ0v) is 13.5. The van der Waals surface area contributed by atoms with Gasteiger partial charge in [-0.15, -0.1) is 0 Å². The smallest absolute Gasteiger partial charge is 0.0451 e. The second-order valence-corrected chi connectivity index (χ2v) is 6.09. The Labute approximate surface area is 119 Å². The van der Waals surface area contributed by atoms with Crippen molar-refractivity contribution in [3.63, 3.8) is 0 Å². The normalized spacial score (nSPS) is 13.3. The van der Waals surface area contributed by atoms with Crippen molar-refractivity contribution in [2.75, 3.05) is 26.7 Å². The fourth-order valence-electron chi connectivity index (χ4n) is 2.66. The third kappa shape index (κ3) is 5.33. The van der Waals surface area contributed by atoms with Gasteiger partial charge in [-0.3, -0.25) is 0 Å². The summed E-state index contributed by atoms with van der Waals surface area (Å²) in [4.78, 5) is 2.43. The number of hydrogen-bond acceptors (Lipinski definition) is 2. The summed E-state index contributed by atoms with van der Waals surface area (Å²) in [5.41, 5.74) is 4.17. The minimum atomic E-state index is 0.425. The summed E-state index contributed by atoms with van der Waals surface area (Å²) in [5.74, 6) is 0.714. The van der Waals surface area contributed by atoms with Crippen molar-refractivity contribution < 1.29 is 0 Å². The SMILES string of the molecule is CCNC(CN(C)CC(C)C)c1cc(C)ccc1C. The lowest BCUT2D eigenvalue weighted by Gasteiger charge is -2.27. The Morgan fingerprint density at radius 3 is 2.42 bits per heavy atom. The average molecular weight is 262 g/mol. The summed E-state index contributed by atoms with van der Waals surface area (Å²) in [6.45, 7) is 14.3. The van der Waals surface area contributed by atoms with Crippen LogP contribution in [0.2, 0.25) is 0 Å². The molecular weight excluding hydrogens is 232 g/mol. The van der Waals surface area contributed by atoms with Crippen LogP contribution in [0.3, 0.4) is 0 Å². The molecule has 1 unspecified atom stereocenters. The van der Waals surface area contributed by atoms with Gasteiger partial charge < -0.3 is 10.2 Å². The van der Waals surface area contributed by atoms with Gasteiger partial charge in [0.25, 0.3) is 0 Å². The van der Waals surface area contributed by atoms with E-state index in [1.54, 1.807) is 0 Å². The van der Waals surface area contributed by atoms with Gasteiger partial charge in [0.05, 0.1) is 0 Å². The third-order valence-electron chi connectivity index (χ3n) is 3.43. The summed E-state index contributed by atoms with van der Waals surface area (Å²) in [6, 6.07) is 7.18. The Kier molecular flexibility index (Phi) is 6.53. The van der Waals surface area contributed by atoms with Crippen molar-refractivity contribution in [2.24, 2.45) is 5.92 Å². The highest BCUT2D eigenvalue weighted by atomic mass is 15.1. The van der Waals surface area contributed by atoms with Gasteiger partial charge in [-0.2, -0.15) is 0 Å². The third-order valence-corrected chi connectivity index (χ3v) is 3.43. The van der Waals surface area contributed by atoms with Gasteiger partial charge in [0.2, 0.25) is 0 Å². The minimum absolute atomic E-state index is 0.425. The molecule has 108 valence electrons. The average Bonchev–Trinajstić information content (AvgIpc) is 2.30. The van der Waals surface area contributed by atoms with Gasteiger partial charge >= 0.3 is 0 Å². The molecule has 0 aliphatic carbocycles. The highest BCUT2D eigenvalue weighted by molar-refractivity contribution is 5.33. The molecule has 0 spiro atoms. The highest BCUT2D eigenvalue weighted by Gasteiger charge is 2.15. The van der Waals surface area contributed by atoms with Crippen LogP contribution in [0.4, 0.5) is 0 Å². The minimum Gasteiger partial charge on any atom is -0.309 e. The van der Waals surface area contributed by atoms with Gasteiger partial charge in [0.1, 0.15) is 0 Å². The molecule has 0 bridgehead atoms. The molecule has 0 aromatic heterocycles. The van der Waals surface area contributed by atoms with E-state index in [0.717, 1.165) is 19.6 Å². The van der Waals surface area contributed by atoms with E-state index in [0.29, 0.717) is 12.0 Å². The molecule has 1 atom stereocenters. The van der Waals surface area contributed by atoms with E-state index < -0.39 is 0 Å². The lowest BCUT2D eigenvalue weighted by atomic mass is 9.98. The summed E-state index contributed by atoms with van der Waals surface area (Å²) >= 11 is 0. The van der Waals surface area contributed by atoms with E-state index in [2.05, 4.69) is 70.1 Å². The maximum atomic E-state index is 3.63. The van der Waals surface area contributed by atoms with E-state index in [1.807, 2.05) is 0 Å². The second kappa shape index (κ2) is 7.66. The molecule has 2 heteroatoms. The van der Waals surface area contributed by atoms with E-state index in [-0.39, 0.29) is 0 Å². The maximum Gasteiger partial charge on any atom is 0.0451 e. The van der Waals surface area contributed by atoms with Gasteiger partial charge in [0, 0.05) is 19.1 Å². The number of likely N-dealkylation sites (N-methyl/N-ethyl adjacent to an activating group) is 2. The van der Waals surface area contributed by atoms with Crippen molar-refractivity contribution in [1.82, 2.24) is 10.2 Å². The summed E-state index contributed by atoms with van der Waals surface area (Å²) < 4.78 is 0. The first-order valence-electron chi connectivity index (χ1n) is 7.43. The topological polar surface area (TPSA) is 15.3 Å². The Morgan fingerprint density at radius 2 is 1.84 bits per heavy atom. The Morgan fingerprint density at radius 1 is 1.16 bits per heavy atom. The molecule has 0 saturated carbocycles. The molecule has 0 radical (unpaired) electrons. The number of benzene rings is 1. The number of rotatable bonds is 7. The van der Waals surface area contributed by atoms with Crippen molar-refractivity contribution in [3.8, 4) is 0 Å². The molecule has 1 aromatic carbocycles. The van der Waals surface area contributed by atoms with E-state index in [9.17, 15) is 0 Å². The Hall–Kier alpha value is -0.860. The molecule has 1 N–H and O–H groups in total. The zero-order valence-electron chi connectivity index (χ0n) is 13.5. The summed E-state index contributed by atoms with van der Waals surface area (Å²) in [7, 11) is 2.22. The van der Waals surface area contributed by atoms with E-state index in [4.69, 9.17) is 0 Å². The number of aryl methyl sites for hydroxylation is 2. The molecule has 19 heavy (non-hydrogen) atoms. The molecule has 1 aromatic rings. The first kappa shape index (κ1) is 16.2. The van der Waals surface area contributed by atoms with Crippen molar-refractivity contribution >= 4 is 0 Å². The second-order valence-electron chi connectivity index (χ2n) is 6.09. The fraction of sp³-hybridized carbons (Fsp3) is 0.647. The monoisotopic (exact) mass is 262 g/mol.